The zero-order valence-corrected chi connectivity index (χ0v) is 12.4. The van der Waals surface area contributed by atoms with Crippen molar-refractivity contribution in [1.29, 1.82) is 0 Å². The molecule has 0 radical (unpaired) electrons. The quantitative estimate of drug-likeness (QED) is 0.776. The van der Waals surface area contributed by atoms with E-state index in [9.17, 15) is 4.79 Å². The summed E-state index contributed by atoms with van der Waals surface area (Å²) in [5, 5.41) is 15.3. The number of aryl methyl sites for hydroxylation is 1. The Morgan fingerprint density at radius 1 is 1.38 bits per heavy atom. The predicted octanol–water partition coefficient (Wildman–Crippen LogP) is 1.94. The van der Waals surface area contributed by atoms with Crippen molar-refractivity contribution in [2.75, 3.05) is 25.0 Å². The average Bonchev–Trinajstić information content (AvgIpc) is 3.20. The molecule has 1 heterocycles. The van der Waals surface area contributed by atoms with Gasteiger partial charge in [0.1, 0.15) is 0 Å². The van der Waals surface area contributed by atoms with Gasteiger partial charge >= 0.3 is 0 Å². The Bertz CT molecular complexity index is 509. The molecule has 1 aromatic carbocycles. The molecular formula is C17H24N2O2. The number of benzene rings is 1. The van der Waals surface area contributed by atoms with E-state index < -0.39 is 0 Å². The second kappa shape index (κ2) is 6.16. The van der Waals surface area contributed by atoms with E-state index >= 15 is 0 Å². The summed E-state index contributed by atoms with van der Waals surface area (Å²) in [5.41, 5.74) is 2.32. The van der Waals surface area contributed by atoms with E-state index in [2.05, 4.69) is 10.6 Å². The largest absolute Gasteiger partial charge is 0.396 e. The Morgan fingerprint density at radius 3 is 2.95 bits per heavy atom. The van der Waals surface area contributed by atoms with Crippen LogP contribution >= 0.6 is 0 Å². The minimum absolute atomic E-state index is 0.177. The van der Waals surface area contributed by atoms with Crippen molar-refractivity contribution in [1.82, 2.24) is 5.32 Å². The van der Waals surface area contributed by atoms with E-state index in [1.807, 2.05) is 24.3 Å². The molecule has 1 unspecified atom stereocenters. The van der Waals surface area contributed by atoms with Gasteiger partial charge in [-0.3, -0.25) is 4.79 Å². The maximum absolute atomic E-state index is 12.4. The molecule has 1 aliphatic carbocycles. The van der Waals surface area contributed by atoms with E-state index in [0.29, 0.717) is 0 Å². The highest BCUT2D eigenvalue weighted by molar-refractivity contribution is 5.95. The van der Waals surface area contributed by atoms with Gasteiger partial charge in [0.2, 0.25) is 5.91 Å². The van der Waals surface area contributed by atoms with E-state index in [1.165, 1.54) is 0 Å². The number of nitrogens with one attached hydrogen (secondary N) is 2. The molecule has 3 N–H and O–H groups in total. The first-order valence-electron chi connectivity index (χ1n) is 7.95. The Hall–Kier alpha value is -1.39. The second-order valence-electron chi connectivity index (χ2n) is 6.39. The number of anilines is 1. The standard InChI is InChI=1S/C17H24N2O2/c20-10-2-4-13-3-1-5-14(11-13)19-16(21)15-12-17(15)6-8-18-9-7-17/h1,3,5,11,15,18,20H,2,4,6-10,12H2,(H,19,21). The summed E-state index contributed by atoms with van der Waals surface area (Å²) < 4.78 is 0. The summed E-state index contributed by atoms with van der Waals surface area (Å²) in [6, 6.07) is 7.97. The highest BCUT2D eigenvalue weighted by Crippen LogP contribution is 2.58. The molecule has 1 aromatic rings. The van der Waals surface area contributed by atoms with Crippen LogP contribution in [0.2, 0.25) is 0 Å². The monoisotopic (exact) mass is 288 g/mol. The molecule has 1 amide bonds. The van der Waals surface area contributed by atoms with Crippen LogP contribution in [-0.4, -0.2) is 30.7 Å². The Morgan fingerprint density at radius 2 is 2.19 bits per heavy atom. The van der Waals surface area contributed by atoms with Crippen LogP contribution < -0.4 is 10.6 Å². The fourth-order valence-corrected chi connectivity index (χ4v) is 3.51. The zero-order valence-electron chi connectivity index (χ0n) is 12.4. The maximum Gasteiger partial charge on any atom is 0.228 e. The lowest BCUT2D eigenvalue weighted by Crippen LogP contribution is -2.31. The van der Waals surface area contributed by atoms with Crippen LogP contribution in [0.5, 0.6) is 0 Å². The van der Waals surface area contributed by atoms with Gasteiger partial charge in [-0.25, -0.2) is 0 Å². The molecule has 1 spiro atoms. The number of carbonyl (C=O) groups excluding carboxylic acids is 1. The van der Waals surface area contributed by atoms with Crippen LogP contribution in [0.15, 0.2) is 24.3 Å². The van der Waals surface area contributed by atoms with Crippen molar-refractivity contribution < 1.29 is 9.90 Å². The summed E-state index contributed by atoms with van der Waals surface area (Å²) in [6.07, 6.45) is 4.91. The third-order valence-corrected chi connectivity index (χ3v) is 4.92. The average molecular weight is 288 g/mol. The number of piperidine rings is 1. The van der Waals surface area contributed by atoms with Crippen LogP contribution in [0, 0.1) is 11.3 Å². The lowest BCUT2D eigenvalue weighted by atomic mass is 9.92. The van der Waals surface area contributed by atoms with Gasteiger partial charge in [-0.05, 0) is 68.3 Å². The molecular weight excluding hydrogens is 264 g/mol. The number of rotatable bonds is 5. The van der Waals surface area contributed by atoms with E-state index in [1.54, 1.807) is 0 Å². The van der Waals surface area contributed by atoms with Crippen LogP contribution in [-0.2, 0) is 11.2 Å². The summed E-state index contributed by atoms with van der Waals surface area (Å²) in [4.78, 5) is 12.4. The third kappa shape index (κ3) is 3.27. The zero-order chi connectivity index (χ0) is 14.7. The van der Waals surface area contributed by atoms with Crippen molar-refractivity contribution >= 4 is 11.6 Å². The van der Waals surface area contributed by atoms with Gasteiger partial charge in [0, 0.05) is 18.2 Å². The summed E-state index contributed by atoms with van der Waals surface area (Å²) in [7, 11) is 0. The lowest BCUT2D eigenvalue weighted by molar-refractivity contribution is -0.118. The molecule has 21 heavy (non-hydrogen) atoms. The van der Waals surface area contributed by atoms with Gasteiger partial charge in [0.05, 0.1) is 0 Å². The number of aliphatic hydroxyl groups is 1. The number of amides is 1. The van der Waals surface area contributed by atoms with Gasteiger partial charge in [-0.15, -0.1) is 0 Å². The van der Waals surface area contributed by atoms with Crippen molar-refractivity contribution in [2.45, 2.75) is 32.1 Å². The summed E-state index contributed by atoms with van der Waals surface area (Å²) in [5.74, 6) is 0.372. The molecule has 0 bridgehead atoms. The first-order valence-corrected chi connectivity index (χ1v) is 7.95. The highest BCUT2D eigenvalue weighted by atomic mass is 16.2. The fraction of sp³-hybridized carbons (Fsp3) is 0.588. The Labute approximate surface area is 125 Å². The maximum atomic E-state index is 12.4. The lowest BCUT2D eigenvalue weighted by Gasteiger charge is -2.23. The number of aliphatic hydroxyl groups excluding tert-OH is 1. The highest BCUT2D eigenvalue weighted by Gasteiger charge is 2.57. The van der Waals surface area contributed by atoms with E-state index in [0.717, 1.165) is 56.4 Å². The molecule has 4 heteroatoms. The normalized spacial score (nSPS) is 23.0. The molecule has 0 aromatic heterocycles. The van der Waals surface area contributed by atoms with Crippen LogP contribution in [0.4, 0.5) is 5.69 Å². The topological polar surface area (TPSA) is 61.4 Å². The van der Waals surface area contributed by atoms with Crippen LogP contribution in [0.25, 0.3) is 0 Å². The summed E-state index contributed by atoms with van der Waals surface area (Å²) in [6.45, 7) is 2.29. The summed E-state index contributed by atoms with van der Waals surface area (Å²) >= 11 is 0. The number of hydrogen-bond acceptors (Lipinski definition) is 3. The van der Waals surface area contributed by atoms with E-state index in [-0.39, 0.29) is 23.8 Å². The van der Waals surface area contributed by atoms with Crippen LogP contribution in [0.1, 0.15) is 31.2 Å². The molecule has 4 nitrogen and oxygen atoms in total. The molecule has 2 aliphatic rings. The van der Waals surface area contributed by atoms with E-state index in [4.69, 9.17) is 5.11 Å². The molecule has 1 saturated carbocycles. The van der Waals surface area contributed by atoms with Crippen molar-refractivity contribution in [3.63, 3.8) is 0 Å². The van der Waals surface area contributed by atoms with Gasteiger partial charge < -0.3 is 15.7 Å². The van der Waals surface area contributed by atoms with Crippen LogP contribution in [0.3, 0.4) is 0 Å². The molecule has 2 fully saturated rings. The SMILES string of the molecule is O=C(Nc1cccc(CCCO)c1)C1CC12CCNCC2. The predicted molar refractivity (Wildman–Crippen MR) is 83.1 cm³/mol. The Kier molecular flexibility index (Phi) is 4.27. The number of carbonyl (C=O) groups is 1. The fourth-order valence-electron chi connectivity index (χ4n) is 3.51. The Balaban J connectivity index is 1.58. The number of hydrogen-bond donors (Lipinski definition) is 3. The molecule has 3 rings (SSSR count). The molecule has 1 aliphatic heterocycles. The first kappa shape index (κ1) is 14.5. The third-order valence-electron chi connectivity index (χ3n) is 4.92. The minimum atomic E-state index is 0.177. The smallest absolute Gasteiger partial charge is 0.228 e. The molecule has 114 valence electrons. The van der Waals surface area contributed by atoms with Gasteiger partial charge in [-0.2, -0.15) is 0 Å². The van der Waals surface area contributed by atoms with Crippen molar-refractivity contribution in [3.8, 4) is 0 Å². The molecule has 1 saturated heterocycles. The van der Waals surface area contributed by atoms with Gasteiger partial charge in [-0.1, -0.05) is 12.1 Å². The minimum Gasteiger partial charge on any atom is -0.396 e. The van der Waals surface area contributed by atoms with Gasteiger partial charge in [0.25, 0.3) is 0 Å². The first-order chi connectivity index (χ1) is 10.2. The van der Waals surface area contributed by atoms with Crippen molar-refractivity contribution in [3.05, 3.63) is 29.8 Å². The second-order valence-corrected chi connectivity index (χ2v) is 6.39. The molecule has 1 atom stereocenters. The van der Waals surface area contributed by atoms with Crippen molar-refractivity contribution in [2.24, 2.45) is 11.3 Å². The van der Waals surface area contributed by atoms with Gasteiger partial charge in [0.15, 0.2) is 0 Å².